The van der Waals surface area contributed by atoms with Crippen molar-refractivity contribution in [3.8, 4) is 17.0 Å². The average molecular weight is 503 g/mol. The maximum Gasteiger partial charge on any atom is 0.160 e. The molecule has 2 N–H and O–H groups in total. The molecule has 5 rings (SSSR count). The molecule has 7 nitrogen and oxygen atoms in total. The van der Waals surface area contributed by atoms with Crippen molar-refractivity contribution in [3.63, 3.8) is 0 Å². The number of H-pyrrole nitrogens is 1. The second kappa shape index (κ2) is 9.91. The lowest BCUT2D eigenvalue weighted by molar-refractivity contribution is 0.414. The van der Waals surface area contributed by atoms with Gasteiger partial charge in [0.15, 0.2) is 5.65 Å². The predicted octanol–water partition coefficient (Wildman–Crippen LogP) is 6.54. The van der Waals surface area contributed by atoms with Crippen LogP contribution in [0.15, 0.2) is 67.3 Å². The van der Waals surface area contributed by atoms with Crippen LogP contribution in [0.2, 0.25) is 5.02 Å². The maximum atomic E-state index is 14.8. The highest BCUT2D eigenvalue weighted by Gasteiger charge is 2.23. The fourth-order valence-electron chi connectivity index (χ4n) is 4.21. The predicted molar refractivity (Wildman–Crippen MR) is 139 cm³/mol. The molecule has 36 heavy (non-hydrogen) atoms. The number of anilines is 1. The Balaban J connectivity index is 1.70. The van der Waals surface area contributed by atoms with E-state index >= 15 is 0 Å². The van der Waals surface area contributed by atoms with Gasteiger partial charge >= 0.3 is 0 Å². The van der Waals surface area contributed by atoms with Crippen molar-refractivity contribution >= 4 is 28.5 Å². The van der Waals surface area contributed by atoms with Gasteiger partial charge in [0.25, 0.3) is 0 Å². The molecule has 9 heteroatoms. The van der Waals surface area contributed by atoms with Crippen molar-refractivity contribution in [1.29, 1.82) is 0 Å². The first-order valence-electron chi connectivity index (χ1n) is 11.4. The first-order valence-corrected chi connectivity index (χ1v) is 11.8. The fraction of sp³-hybridized carbons (Fsp3) is 0.185. The molecule has 1 atom stereocenters. The van der Waals surface area contributed by atoms with Crippen LogP contribution >= 0.6 is 11.6 Å². The summed E-state index contributed by atoms with van der Waals surface area (Å²) in [6, 6.07) is 13.8. The van der Waals surface area contributed by atoms with Crippen LogP contribution in [-0.4, -0.2) is 32.3 Å². The number of fused-ring (bicyclic) bond motifs is 1. The number of aromatic amines is 1. The number of nitrogens with one attached hydrogen (secondary N) is 2. The summed E-state index contributed by atoms with van der Waals surface area (Å²) in [6.07, 6.45) is 4.98. The lowest BCUT2D eigenvalue weighted by Crippen LogP contribution is -2.17. The molecular formula is C27H24ClFN6O. The zero-order valence-electron chi connectivity index (χ0n) is 20.0. The molecule has 5 aromatic rings. The van der Waals surface area contributed by atoms with Gasteiger partial charge in [-0.15, -0.1) is 0 Å². The van der Waals surface area contributed by atoms with Crippen molar-refractivity contribution in [1.82, 2.24) is 25.1 Å². The third-order valence-electron chi connectivity index (χ3n) is 6.08. The number of ether oxygens (including phenoxy) is 1. The monoisotopic (exact) mass is 502 g/mol. The number of aromatic nitrogens is 5. The van der Waals surface area contributed by atoms with Gasteiger partial charge in [-0.2, -0.15) is 5.10 Å². The summed E-state index contributed by atoms with van der Waals surface area (Å²) in [5.74, 6) is 1.14. The Morgan fingerprint density at radius 3 is 2.53 bits per heavy atom. The second-order valence-electron chi connectivity index (χ2n) is 8.68. The third-order valence-corrected chi connectivity index (χ3v) is 6.32. The summed E-state index contributed by atoms with van der Waals surface area (Å²) in [5.41, 5.74) is 4.39. The summed E-state index contributed by atoms with van der Waals surface area (Å²) in [7, 11) is 1.63. The first kappa shape index (κ1) is 23.7. The van der Waals surface area contributed by atoms with E-state index in [1.165, 1.54) is 18.5 Å². The van der Waals surface area contributed by atoms with Crippen molar-refractivity contribution in [2.75, 3.05) is 12.4 Å². The number of hydrogen-bond acceptors (Lipinski definition) is 6. The Kier molecular flexibility index (Phi) is 6.52. The normalized spacial score (nSPS) is 12.2. The molecule has 2 aromatic carbocycles. The number of nitrogens with zero attached hydrogens (tertiary/aromatic N) is 4. The van der Waals surface area contributed by atoms with Crippen molar-refractivity contribution in [2.45, 2.75) is 25.8 Å². The zero-order valence-corrected chi connectivity index (χ0v) is 20.7. The zero-order chi connectivity index (χ0) is 25.2. The molecule has 3 aromatic heterocycles. The number of rotatable bonds is 7. The molecule has 0 radical (unpaired) electrons. The molecule has 0 amide bonds. The van der Waals surface area contributed by atoms with Crippen molar-refractivity contribution in [3.05, 3.63) is 94.8 Å². The molecule has 0 bridgehead atoms. The van der Waals surface area contributed by atoms with E-state index < -0.39 is 0 Å². The molecule has 0 aliphatic rings. The van der Waals surface area contributed by atoms with Crippen LogP contribution in [-0.2, 0) is 0 Å². The van der Waals surface area contributed by atoms with Crippen LogP contribution in [0.3, 0.4) is 0 Å². The summed E-state index contributed by atoms with van der Waals surface area (Å²) >= 11 is 6.19. The van der Waals surface area contributed by atoms with Gasteiger partial charge in [0.2, 0.25) is 0 Å². The van der Waals surface area contributed by atoms with Crippen LogP contribution < -0.4 is 10.1 Å². The van der Waals surface area contributed by atoms with E-state index in [1.807, 2.05) is 30.3 Å². The maximum absolute atomic E-state index is 14.8. The first-order chi connectivity index (χ1) is 17.4. The van der Waals surface area contributed by atoms with Crippen LogP contribution in [0.4, 0.5) is 10.2 Å². The van der Waals surface area contributed by atoms with Crippen LogP contribution in [0.5, 0.6) is 5.75 Å². The van der Waals surface area contributed by atoms with Gasteiger partial charge in [-0.1, -0.05) is 37.6 Å². The second-order valence-corrected chi connectivity index (χ2v) is 9.12. The van der Waals surface area contributed by atoms with Gasteiger partial charge in [-0.25, -0.2) is 14.4 Å². The molecular weight excluding hydrogens is 479 g/mol. The number of halogens is 2. The quantitative estimate of drug-likeness (QED) is 0.262. The highest BCUT2D eigenvalue weighted by molar-refractivity contribution is 6.30. The molecule has 0 spiro atoms. The van der Waals surface area contributed by atoms with Crippen LogP contribution in [0.25, 0.3) is 22.3 Å². The SMILES string of the molecule is COc1ccc(C(Nc2ncnc3[nH]ncc23)c2cc(-c3cc(Cl)ccc3F)ncc2C(C)C)cc1. The van der Waals surface area contributed by atoms with Crippen LogP contribution in [0.1, 0.15) is 42.5 Å². The molecule has 182 valence electrons. The summed E-state index contributed by atoms with van der Waals surface area (Å²) in [6.45, 7) is 4.20. The Bertz CT molecular complexity index is 1520. The highest BCUT2D eigenvalue weighted by atomic mass is 35.5. The molecule has 0 aliphatic carbocycles. The molecule has 0 fully saturated rings. The number of benzene rings is 2. The average Bonchev–Trinajstić information content (AvgIpc) is 3.38. The van der Waals surface area contributed by atoms with E-state index in [-0.39, 0.29) is 17.8 Å². The summed E-state index contributed by atoms with van der Waals surface area (Å²) < 4.78 is 20.1. The minimum absolute atomic E-state index is 0.160. The van der Waals surface area contributed by atoms with E-state index in [9.17, 15) is 4.39 Å². The number of pyridine rings is 1. The summed E-state index contributed by atoms with van der Waals surface area (Å²) in [4.78, 5) is 13.3. The Labute approximate surface area is 212 Å². The Morgan fingerprint density at radius 1 is 0.972 bits per heavy atom. The van der Waals surface area contributed by atoms with Gasteiger partial charge in [0.05, 0.1) is 30.4 Å². The van der Waals surface area contributed by atoms with Gasteiger partial charge in [-0.05, 0) is 59.0 Å². The van der Waals surface area contributed by atoms with Crippen molar-refractivity contribution < 1.29 is 9.13 Å². The highest BCUT2D eigenvalue weighted by Crippen LogP contribution is 2.36. The Hall–Kier alpha value is -4.04. The van der Waals surface area contributed by atoms with E-state index in [2.05, 4.69) is 44.3 Å². The van der Waals surface area contributed by atoms with Gasteiger partial charge in [0.1, 0.15) is 23.7 Å². The minimum Gasteiger partial charge on any atom is -0.497 e. The fourth-order valence-corrected chi connectivity index (χ4v) is 4.38. The van der Waals surface area contributed by atoms with E-state index in [0.717, 1.165) is 27.8 Å². The number of methoxy groups -OCH3 is 1. The Morgan fingerprint density at radius 2 is 1.78 bits per heavy atom. The molecule has 3 heterocycles. The van der Waals surface area contributed by atoms with E-state index in [1.54, 1.807) is 25.6 Å². The van der Waals surface area contributed by atoms with Crippen molar-refractivity contribution in [2.24, 2.45) is 0 Å². The van der Waals surface area contributed by atoms with Gasteiger partial charge in [-0.3, -0.25) is 10.1 Å². The van der Waals surface area contributed by atoms with Gasteiger partial charge in [0, 0.05) is 16.8 Å². The molecule has 0 saturated heterocycles. The standard InChI is InChI=1S/C27H24ClFN6O/c1-15(2)21-12-30-24(20-10-17(28)6-9-23(20)29)11-19(21)25(16-4-7-18(36-3)8-5-16)34-26-22-13-33-35-27(22)32-14-31-26/h4-15,25H,1-3H3,(H2,31,32,33,34,35). The van der Waals surface area contributed by atoms with Crippen LogP contribution in [0, 0.1) is 5.82 Å². The lowest BCUT2D eigenvalue weighted by atomic mass is 9.89. The molecule has 1 unspecified atom stereocenters. The molecule has 0 saturated carbocycles. The summed E-state index contributed by atoms with van der Waals surface area (Å²) in [5, 5.41) is 11.8. The lowest BCUT2D eigenvalue weighted by Gasteiger charge is -2.25. The van der Waals surface area contributed by atoms with E-state index in [0.29, 0.717) is 27.7 Å². The largest absolute Gasteiger partial charge is 0.497 e. The minimum atomic E-state index is -0.389. The molecule has 0 aliphatic heterocycles. The van der Waals surface area contributed by atoms with Gasteiger partial charge < -0.3 is 10.1 Å². The smallest absolute Gasteiger partial charge is 0.160 e. The number of hydrogen-bond donors (Lipinski definition) is 2. The van der Waals surface area contributed by atoms with E-state index in [4.69, 9.17) is 16.3 Å². The topological polar surface area (TPSA) is 88.6 Å². The third kappa shape index (κ3) is 4.59.